The van der Waals surface area contributed by atoms with Gasteiger partial charge in [0.1, 0.15) is 0 Å². The highest BCUT2D eigenvalue weighted by Crippen LogP contribution is 2.25. The number of benzene rings is 1. The van der Waals surface area contributed by atoms with Crippen LogP contribution in [0.25, 0.3) is 0 Å². The number of β-amino-alcohol motifs (C(OH)–C–C–N with tert-alkyl or cyclic N) is 1. The van der Waals surface area contributed by atoms with E-state index in [1.165, 1.54) is 31.2 Å². The fourth-order valence-electron chi connectivity index (χ4n) is 4.16. The Kier molecular flexibility index (Phi) is 6.56. The molecule has 1 aromatic carbocycles. The zero-order valence-electron chi connectivity index (χ0n) is 14.8. The molecule has 2 fully saturated rings. The standard InChI is InChI=1S/C20H31ClN2O/c1-16-8-11-22(12-9-16)14-19(24)15-23-10-4-6-18(23)13-17-5-2-3-7-20(17)21/h2-3,5,7,16,18-19,24H,4,6,8-15H2,1H3/t18-,19-/m1/s1. The minimum absolute atomic E-state index is 0.245. The molecular formula is C20H31ClN2O. The molecule has 0 aliphatic carbocycles. The van der Waals surface area contributed by atoms with Crippen LogP contribution in [0.15, 0.2) is 24.3 Å². The van der Waals surface area contributed by atoms with E-state index in [0.717, 1.165) is 50.1 Å². The van der Waals surface area contributed by atoms with Crippen LogP contribution >= 0.6 is 11.6 Å². The molecule has 0 bridgehead atoms. The van der Waals surface area contributed by atoms with E-state index in [1.807, 2.05) is 12.1 Å². The Labute approximate surface area is 151 Å². The van der Waals surface area contributed by atoms with Gasteiger partial charge in [0, 0.05) is 24.2 Å². The van der Waals surface area contributed by atoms with Gasteiger partial charge in [0.15, 0.2) is 0 Å². The van der Waals surface area contributed by atoms with Crippen molar-refractivity contribution in [1.29, 1.82) is 0 Å². The predicted molar refractivity (Wildman–Crippen MR) is 101 cm³/mol. The summed E-state index contributed by atoms with van der Waals surface area (Å²) in [5.74, 6) is 0.844. The van der Waals surface area contributed by atoms with Gasteiger partial charge >= 0.3 is 0 Å². The van der Waals surface area contributed by atoms with E-state index in [2.05, 4.69) is 28.9 Å². The molecule has 0 spiro atoms. The normalized spacial score (nSPS) is 25.2. The summed E-state index contributed by atoms with van der Waals surface area (Å²) in [7, 11) is 0. The van der Waals surface area contributed by atoms with Crippen LogP contribution in [0.1, 0.15) is 38.2 Å². The maximum Gasteiger partial charge on any atom is 0.0793 e. The van der Waals surface area contributed by atoms with E-state index in [-0.39, 0.29) is 6.10 Å². The fourth-order valence-corrected chi connectivity index (χ4v) is 4.37. The summed E-state index contributed by atoms with van der Waals surface area (Å²) in [5.41, 5.74) is 1.23. The molecule has 134 valence electrons. The van der Waals surface area contributed by atoms with Crippen molar-refractivity contribution in [2.24, 2.45) is 5.92 Å². The van der Waals surface area contributed by atoms with Gasteiger partial charge in [0.05, 0.1) is 6.10 Å². The summed E-state index contributed by atoms with van der Waals surface area (Å²) in [6.45, 7) is 7.33. The van der Waals surface area contributed by atoms with E-state index in [0.29, 0.717) is 6.04 Å². The Morgan fingerprint density at radius 3 is 2.62 bits per heavy atom. The third kappa shape index (κ3) is 4.95. The monoisotopic (exact) mass is 350 g/mol. The van der Waals surface area contributed by atoms with Crippen molar-refractivity contribution in [1.82, 2.24) is 9.80 Å². The van der Waals surface area contributed by atoms with E-state index in [1.54, 1.807) is 0 Å². The molecule has 2 atom stereocenters. The maximum atomic E-state index is 10.6. The molecule has 1 N–H and O–H groups in total. The molecule has 0 radical (unpaired) electrons. The van der Waals surface area contributed by atoms with Crippen molar-refractivity contribution in [3.63, 3.8) is 0 Å². The molecular weight excluding hydrogens is 320 g/mol. The molecule has 0 unspecified atom stereocenters. The van der Waals surface area contributed by atoms with E-state index in [9.17, 15) is 5.11 Å². The van der Waals surface area contributed by atoms with Gasteiger partial charge in [-0.2, -0.15) is 0 Å². The van der Waals surface area contributed by atoms with Crippen molar-refractivity contribution < 1.29 is 5.11 Å². The Morgan fingerprint density at radius 2 is 1.88 bits per heavy atom. The van der Waals surface area contributed by atoms with Crippen LogP contribution in [-0.2, 0) is 6.42 Å². The van der Waals surface area contributed by atoms with Crippen molar-refractivity contribution in [2.75, 3.05) is 32.7 Å². The van der Waals surface area contributed by atoms with E-state index >= 15 is 0 Å². The lowest BCUT2D eigenvalue weighted by atomic mass is 9.99. The van der Waals surface area contributed by atoms with Crippen LogP contribution in [0.5, 0.6) is 0 Å². The summed E-state index contributed by atoms with van der Waals surface area (Å²) < 4.78 is 0. The lowest BCUT2D eigenvalue weighted by Gasteiger charge is -2.33. The molecule has 0 amide bonds. The number of halogens is 1. The van der Waals surface area contributed by atoms with Crippen LogP contribution in [-0.4, -0.2) is 59.8 Å². The Morgan fingerprint density at radius 1 is 1.12 bits per heavy atom. The second-order valence-electron chi connectivity index (χ2n) is 7.72. The van der Waals surface area contributed by atoms with Crippen molar-refractivity contribution >= 4 is 11.6 Å². The molecule has 2 aliphatic heterocycles. The zero-order valence-corrected chi connectivity index (χ0v) is 15.6. The molecule has 0 aromatic heterocycles. The number of likely N-dealkylation sites (tertiary alicyclic amines) is 2. The number of rotatable bonds is 6. The summed E-state index contributed by atoms with van der Waals surface area (Å²) in [6, 6.07) is 8.67. The molecule has 2 saturated heterocycles. The van der Waals surface area contributed by atoms with Crippen LogP contribution in [0.3, 0.4) is 0 Å². The number of aliphatic hydroxyl groups excluding tert-OH is 1. The van der Waals surface area contributed by atoms with Gasteiger partial charge in [0.2, 0.25) is 0 Å². The van der Waals surface area contributed by atoms with Gasteiger partial charge < -0.3 is 10.0 Å². The number of aliphatic hydroxyl groups is 1. The maximum absolute atomic E-state index is 10.6. The molecule has 0 saturated carbocycles. The molecule has 1 aromatic rings. The fraction of sp³-hybridized carbons (Fsp3) is 0.700. The molecule has 3 nitrogen and oxygen atoms in total. The Balaban J connectivity index is 1.49. The Bertz CT molecular complexity index is 516. The first-order chi connectivity index (χ1) is 11.6. The highest BCUT2D eigenvalue weighted by molar-refractivity contribution is 6.31. The summed E-state index contributed by atoms with van der Waals surface area (Å²) in [4.78, 5) is 4.91. The zero-order chi connectivity index (χ0) is 16.9. The van der Waals surface area contributed by atoms with Gasteiger partial charge in [-0.05, 0) is 69.3 Å². The highest BCUT2D eigenvalue weighted by atomic mass is 35.5. The lowest BCUT2D eigenvalue weighted by Crippen LogP contribution is -2.44. The van der Waals surface area contributed by atoms with Gasteiger partial charge in [-0.25, -0.2) is 0 Å². The van der Waals surface area contributed by atoms with Gasteiger partial charge in [-0.3, -0.25) is 4.90 Å². The average Bonchev–Trinajstić information content (AvgIpc) is 2.99. The van der Waals surface area contributed by atoms with Gasteiger partial charge in [0.25, 0.3) is 0 Å². The van der Waals surface area contributed by atoms with Crippen LogP contribution in [0.4, 0.5) is 0 Å². The van der Waals surface area contributed by atoms with E-state index < -0.39 is 0 Å². The third-order valence-electron chi connectivity index (χ3n) is 5.70. The number of nitrogens with zero attached hydrogens (tertiary/aromatic N) is 2. The number of hydrogen-bond acceptors (Lipinski definition) is 3. The van der Waals surface area contributed by atoms with Crippen LogP contribution < -0.4 is 0 Å². The minimum atomic E-state index is -0.245. The first-order valence-corrected chi connectivity index (χ1v) is 9.87. The predicted octanol–water partition coefficient (Wildman–Crippen LogP) is 3.44. The second kappa shape index (κ2) is 8.66. The summed E-state index contributed by atoms with van der Waals surface area (Å²) >= 11 is 6.32. The quantitative estimate of drug-likeness (QED) is 0.851. The second-order valence-corrected chi connectivity index (χ2v) is 8.13. The van der Waals surface area contributed by atoms with Crippen LogP contribution in [0, 0.1) is 5.92 Å². The number of hydrogen-bond donors (Lipinski definition) is 1. The van der Waals surface area contributed by atoms with Gasteiger partial charge in [-0.1, -0.05) is 36.7 Å². The lowest BCUT2D eigenvalue weighted by molar-refractivity contribution is 0.0577. The smallest absolute Gasteiger partial charge is 0.0793 e. The van der Waals surface area contributed by atoms with Gasteiger partial charge in [-0.15, -0.1) is 0 Å². The first kappa shape index (κ1) is 18.2. The molecule has 2 aliphatic rings. The third-order valence-corrected chi connectivity index (χ3v) is 6.07. The van der Waals surface area contributed by atoms with E-state index in [4.69, 9.17) is 11.6 Å². The van der Waals surface area contributed by atoms with Crippen molar-refractivity contribution in [3.8, 4) is 0 Å². The van der Waals surface area contributed by atoms with Crippen LogP contribution in [0.2, 0.25) is 5.02 Å². The topological polar surface area (TPSA) is 26.7 Å². The van der Waals surface area contributed by atoms with Crippen molar-refractivity contribution in [3.05, 3.63) is 34.9 Å². The molecule has 3 rings (SSSR count). The average molecular weight is 351 g/mol. The molecule has 2 heterocycles. The minimum Gasteiger partial charge on any atom is -0.390 e. The highest BCUT2D eigenvalue weighted by Gasteiger charge is 2.28. The first-order valence-electron chi connectivity index (χ1n) is 9.49. The SMILES string of the molecule is CC1CCN(C[C@@H](O)CN2CCC[C@@H]2Cc2ccccc2Cl)CC1. The Hall–Kier alpha value is -0.610. The number of piperidine rings is 1. The molecule has 4 heteroatoms. The largest absolute Gasteiger partial charge is 0.390 e. The molecule has 24 heavy (non-hydrogen) atoms. The summed E-state index contributed by atoms with van der Waals surface area (Å²) in [6.07, 6.45) is 5.72. The summed E-state index contributed by atoms with van der Waals surface area (Å²) in [5, 5.41) is 11.4. The van der Waals surface area contributed by atoms with Crippen molar-refractivity contribution in [2.45, 2.75) is 51.2 Å².